The molecule has 10 nitrogen and oxygen atoms in total. The molecule has 0 aliphatic heterocycles. The van der Waals surface area contributed by atoms with E-state index < -0.39 is 27.7 Å². The van der Waals surface area contributed by atoms with Crippen molar-refractivity contribution < 1.29 is 48.0 Å². The zero-order valence-electron chi connectivity index (χ0n) is 7.29. The van der Waals surface area contributed by atoms with E-state index in [1.165, 1.54) is 0 Å². The molecule has 6 N–H and O–H groups in total. The van der Waals surface area contributed by atoms with Gasteiger partial charge in [0.05, 0.1) is 0 Å². The molecule has 0 aromatic carbocycles. The second kappa shape index (κ2) is 6.44. The molecule has 0 amide bonds. The van der Waals surface area contributed by atoms with E-state index in [1.807, 2.05) is 0 Å². The fraction of sp³-hybridized carbons (Fsp3) is 0.667. The van der Waals surface area contributed by atoms with Crippen LogP contribution in [0.5, 0.6) is 0 Å². The summed E-state index contributed by atoms with van der Waals surface area (Å²) in [4.78, 5) is 40.6. The second-order valence-corrected chi connectivity index (χ2v) is 4.66. The van der Waals surface area contributed by atoms with Crippen LogP contribution < -0.4 is 0 Å². The number of rotatable bonds is 3. The van der Waals surface area contributed by atoms with Crippen molar-refractivity contribution >= 4 is 21.4 Å². The fourth-order valence-electron chi connectivity index (χ4n) is 0.139. The highest BCUT2D eigenvalue weighted by atomic mass is 31.3. The molecule has 0 radical (unpaired) electrons. The maximum absolute atomic E-state index is 9.64. The number of aliphatic hydroxyl groups is 2. The van der Waals surface area contributed by atoms with Crippen molar-refractivity contribution in [2.24, 2.45) is 0 Å². The van der Waals surface area contributed by atoms with Gasteiger partial charge >= 0.3 is 15.6 Å². The van der Waals surface area contributed by atoms with E-state index in [1.54, 1.807) is 0 Å². The van der Waals surface area contributed by atoms with E-state index in [9.17, 15) is 13.9 Å². The average molecular weight is 268 g/mol. The molecule has 12 heteroatoms. The largest absolute Gasteiger partial charge is 0.478 e. The van der Waals surface area contributed by atoms with Crippen LogP contribution in [-0.4, -0.2) is 41.9 Å². The number of carbonyl (C=O) groups is 1. The molecule has 0 aromatic heterocycles. The third-order valence-corrected chi connectivity index (χ3v) is 2.28. The smallest absolute Gasteiger partial charge is 0.362 e. The van der Waals surface area contributed by atoms with Gasteiger partial charge in [0.2, 0.25) is 6.29 Å². The number of hydrogen-bond acceptors (Lipinski definition) is 6. The summed E-state index contributed by atoms with van der Waals surface area (Å²) in [6.07, 6.45) is -1.79. The van der Waals surface area contributed by atoms with Crippen molar-refractivity contribution in [1.82, 2.24) is 0 Å². The van der Waals surface area contributed by atoms with Crippen LogP contribution in [0.3, 0.4) is 0 Å². The van der Waals surface area contributed by atoms with Gasteiger partial charge in [0.1, 0.15) is 0 Å². The van der Waals surface area contributed by atoms with Gasteiger partial charge in [0.25, 0.3) is 0 Å². The maximum atomic E-state index is 9.64. The zero-order chi connectivity index (χ0) is 12.9. The van der Waals surface area contributed by atoms with Crippen molar-refractivity contribution in [2.45, 2.75) is 13.2 Å². The van der Waals surface area contributed by atoms with Gasteiger partial charge in [-0.1, -0.05) is 0 Å². The number of aliphatic hydroxyl groups excluding tert-OH is 1. The highest BCUT2D eigenvalue weighted by Crippen LogP contribution is 2.53. The Morgan fingerprint density at radius 2 is 1.27 bits per heavy atom. The number of ketones is 1. The quantitative estimate of drug-likeness (QED) is 0.249. The first-order valence-electron chi connectivity index (χ1n) is 3.04. The Labute approximate surface area is 83.6 Å². The summed E-state index contributed by atoms with van der Waals surface area (Å²) in [5.74, 6) is -0.630. The Balaban J connectivity index is 0. The molecular weight excluding hydrogens is 258 g/mol. The monoisotopic (exact) mass is 268 g/mol. The second-order valence-electron chi connectivity index (χ2n) is 2.05. The standard InChI is InChI=1S/C3H6O3.H4O7P2/c1-2(4)3(5)6;1-8(2,3)7-9(4,5)6/h3,5-6H,1H3;(H2,1,2,3)(H2,4,5,6). The third kappa shape index (κ3) is 20.0. The van der Waals surface area contributed by atoms with Gasteiger partial charge in [-0.2, -0.15) is 4.31 Å². The Hall–Kier alpha value is -0.150. The van der Waals surface area contributed by atoms with Crippen LogP contribution in [0, 0.1) is 0 Å². The molecule has 92 valence electrons. The summed E-state index contributed by atoms with van der Waals surface area (Å²) in [5, 5.41) is 15.7. The van der Waals surface area contributed by atoms with Gasteiger partial charge in [-0.05, 0) is 6.92 Å². The highest BCUT2D eigenvalue weighted by molar-refractivity contribution is 7.60. The lowest BCUT2D eigenvalue weighted by Crippen LogP contribution is -2.14. The van der Waals surface area contributed by atoms with E-state index >= 15 is 0 Å². The minimum atomic E-state index is -5.05. The third-order valence-electron chi connectivity index (χ3n) is 0.576. The van der Waals surface area contributed by atoms with Crippen LogP contribution in [0.2, 0.25) is 0 Å². The van der Waals surface area contributed by atoms with Crippen LogP contribution in [0.15, 0.2) is 0 Å². The normalized spacial score (nSPS) is 12.0. The van der Waals surface area contributed by atoms with Crippen LogP contribution in [0.1, 0.15) is 6.92 Å². The molecule has 0 saturated carbocycles. The van der Waals surface area contributed by atoms with Crippen molar-refractivity contribution in [3.05, 3.63) is 0 Å². The molecule has 0 unspecified atom stereocenters. The predicted molar refractivity (Wildman–Crippen MR) is 44.1 cm³/mol. The lowest BCUT2D eigenvalue weighted by molar-refractivity contribution is -0.142. The first-order valence-corrected chi connectivity index (χ1v) is 6.10. The first kappa shape index (κ1) is 17.3. The lowest BCUT2D eigenvalue weighted by atomic mass is 10.4. The summed E-state index contributed by atoms with van der Waals surface area (Å²) < 4.78 is 22.2. The molecule has 15 heavy (non-hydrogen) atoms. The van der Waals surface area contributed by atoms with Crippen molar-refractivity contribution in [3.8, 4) is 0 Å². The molecule has 0 aliphatic rings. The number of Topliss-reactive ketones (excluding diaryl/α,β-unsaturated/α-hetero) is 1. The molecule has 0 heterocycles. The van der Waals surface area contributed by atoms with Crippen LogP contribution >= 0.6 is 15.6 Å². The van der Waals surface area contributed by atoms with Crippen LogP contribution in [0.25, 0.3) is 0 Å². The van der Waals surface area contributed by atoms with E-state index in [0.717, 1.165) is 6.92 Å². The molecule has 0 aliphatic carbocycles. The van der Waals surface area contributed by atoms with E-state index in [4.69, 9.17) is 29.8 Å². The summed E-state index contributed by atoms with van der Waals surface area (Å²) >= 11 is 0. The van der Waals surface area contributed by atoms with Gasteiger partial charge in [-0.3, -0.25) is 4.79 Å². The highest BCUT2D eigenvalue weighted by Gasteiger charge is 2.27. The SMILES string of the molecule is CC(=O)C(O)O.O=P(O)(O)OP(=O)(O)O. The Kier molecular flexibility index (Phi) is 7.40. The lowest BCUT2D eigenvalue weighted by Gasteiger charge is -2.03. The Bertz CT molecular complexity index is 263. The molecular formula is C3H10O10P2. The fourth-order valence-corrected chi connectivity index (χ4v) is 1.25. The van der Waals surface area contributed by atoms with Gasteiger partial charge in [0, 0.05) is 0 Å². The zero-order valence-corrected chi connectivity index (χ0v) is 9.08. The Morgan fingerprint density at radius 3 is 1.27 bits per heavy atom. The number of carbonyl (C=O) groups excluding carboxylic acids is 1. The molecule has 0 fully saturated rings. The number of phosphoric acid groups is 2. The Morgan fingerprint density at radius 1 is 1.07 bits per heavy atom. The minimum Gasteiger partial charge on any atom is -0.362 e. The molecule has 0 bridgehead atoms. The summed E-state index contributed by atoms with van der Waals surface area (Å²) in [6.45, 7) is 1.10. The number of hydrogen-bond donors (Lipinski definition) is 6. The van der Waals surface area contributed by atoms with Crippen molar-refractivity contribution in [2.75, 3.05) is 0 Å². The van der Waals surface area contributed by atoms with Crippen LogP contribution in [-0.2, 0) is 18.2 Å². The van der Waals surface area contributed by atoms with Gasteiger partial charge in [-0.15, -0.1) is 0 Å². The molecule has 0 atom stereocenters. The molecule has 0 spiro atoms. The van der Waals surface area contributed by atoms with E-state index in [2.05, 4.69) is 4.31 Å². The molecule has 0 saturated heterocycles. The summed E-state index contributed by atoms with van der Waals surface area (Å²) in [5.41, 5.74) is 0. The van der Waals surface area contributed by atoms with Gasteiger partial charge in [0.15, 0.2) is 5.78 Å². The molecule has 0 aromatic rings. The summed E-state index contributed by atoms with van der Waals surface area (Å²) in [6, 6.07) is 0. The maximum Gasteiger partial charge on any atom is 0.478 e. The van der Waals surface area contributed by atoms with Crippen LogP contribution in [0.4, 0.5) is 0 Å². The predicted octanol–water partition coefficient (Wildman–Crippen LogP) is -1.93. The first-order chi connectivity index (χ1) is 6.35. The minimum absolute atomic E-state index is 0.630. The molecule has 0 rings (SSSR count). The van der Waals surface area contributed by atoms with E-state index in [0.29, 0.717) is 0 Å². The summed E-state index contributed by atoms with van der Waals surface area (Å²) in [7, 11) is -10.1. The van der Waals surface area contributed by atoms with Crippen molar-refractivity contribution in [3.63, 3.8) is 0 Å². The topological polar surface area (TPSA) is 182 Å². The van der Waals surface area contributed by atoms with E-state index in [-0.39, 0.29) is 0 Å². The van der Waals surface area contributed by atoms with Crippen molar-refractivity contribution in [1.29, 1.82) is 0 Å². The van der Waals surface area contributed by atoms with Gasteiger partial charge < -0.3 is 29.8 Å². The average Bonchev–Trinajstić information content (AvgIpc) is 1.78. The van der Waals surface area contributed by atoms with Gasteiger partial charge in [-0.25, -0.2) is 9.13 Å².